The van der Waals surface area contributed by atoms with Crippen LogP contribution in [-0.2, 0) is 23.1 Å². The average molecular weight is 311 g/mol. The molecule has 0 aromatic heterocycles. The zero-order valence-corrected chi connectivity index (χ0v) is 13.3. The third kappa shape index (κ3) is 2.62. The number of nitrogens with zero attached hydrogens (tertiary/aromatic N) is 1. The Balaban J connectivity index is 2.63. The van der Waals surface area contributed by atoms with Gasteiger partial charge in [0.2, 0.25) is 0 Å². The molecule has 6 nitrogen and oxygen atoms in total. The number of allylic oxidation sites excluding steroid dienone is 1. The van der Waals surface area contributed by atoms with Gasteiger partial charge >= 0.3 is 13.6 Å². The Morgan fingerprint density at radius 3 is 2.38 bits per heavy atom. The van der Waals surface area contributed by atoms with Gasteiger partial charge in [-0.05, 0) is 17.7 Å². The molecule has 0 bridgehead atoms. The molecule has 1 unspecified atom stereocenters. The predicted molar refractivity (Wildman–Crippen MR) is 79.3 cm³/mol. The van der Waals surface area contributed by atoms with E-state index < -0.39 is 19.2 Å². The molecule has 0 saturated heterocycles. The molecule has 0 fully saturated rings. The zero-order valence-electron chi connectivity index (χ0n) is 12.4. The van der Waals surface area contributed by atoms with Gasteiger partial charge < -0.3 is 18.7 Å². The second kappa shape index (κ2) is 6.02. The fourth-order valence-electron chi connectivity index (χ4n) is 2.40. The van der Waals surface area contributed by atoms with E-state index in [0.717, 1.165) is 11.3 Å². The highest BCUT2D eigenvalue weighted by Gasteiger charge is 2.40. The second-order valence-corrected chi connectivity index (χ2v) is 6.88. The highest BCUT2D eigenvalue weighted by Crippen LogP contribution is 2.63. The molecule has 1 aliphatic rings. The van der Waals surface area contributed by atoms with E-state index in [1.807, 2.05) is 24.3 Å². The molecule has 7 heteroatoms. The highest BCUT2D eigenvalue weighted by atomic mass is 31.2. The Labute approximate surface area is 123 Å². The van der Waals surface area contributed by atoms with E-state index >= 15 is 0 Å². The Hall–Kier alpha value is -1.62. The van der Waals surface area contributed by atoms with Crippen LogP contribution in [0.3, 0.4) is 0 Å². The molecular weight excluding hydrogens is 293 g/mol. The van der Waals surface area contributed by atoms with Crippen molar-refractivity contribution in [2.24, 2.45) is 0 Å². The van der Waals surface area contributed by atoms with Crippen LogP contribution < -0.4 is 4.90 Å². The van der Waals surface area contributed by atoms with Crippen molar-refractivity contribution in [2.45, 2.75) is 5.66 Å². The number of carbonyl (C=O) groups is 1. The van der Waals surface area contributed by atoms with Crippen molar-refractivity contribution in [2.75, 3.05) is 33.3 Å². The first kappa shape index (κ1) is 15.8. The van der Waals surface area contributed by atoms with Gasteiger partial charge in [0.1, 0.15) is 11.4 Å². The molecule has 1 aromatic rings. The lowest BCUT2D eigenvalue weighted by Crippen LogP contribution is -2.29. The monoisotopic (exact) mass is 311 g/mol. The van der Waals surface area contributed by atoms with E-state index in [1.54, 1.807) is 18.0 Å². The predicted octanol–water partition coefficient (Wildman–Crippen LogP) is 2.72. The van der Waals surface area contributed by atoms with Gasteiger partial charge in [-0.25, -0.2) is 4.79 Å². The Bertz CT molecular complexity index is 620. The fraction of sp³-hybridized carbons (Fsp3) is 0.357. The summed E-state index contributed by atoms with van der Waals surface area (Å²) in [5, 5.41) is 0. The van der Waals surface area contributed by atoms with E-state index in [0.29, 0.717) is 5.70 Å². The number of methoxy groups -OCH3 is 1. The lowest BCUT2D eigenvalue weighted by atomic mass is 10.0. The van der Waals surface area contributed by atoms with Crippen molar-refractivity contribution in [1.29, 1.82) is 0 Å². The first-order valence-corrected chi connectivity index (χ1v) is 7.93. The molecule has 114 valence electrons. The minimum absolute atomic E-state index is 0.301. The number of hydrogen-bond donors (Lipinski definition) is 0. The first-order chi connectivity index (χ1) is 9.98. The summed E-state index contributed by atoms with van der Waals surface area (Å²) in [7, 11) is 2.30. The Kier molecular flexibility index (Phi) is 4.52. The van der Waals surface area contributed by atoms with E-state index in [2.05, 4.69) is 0 Å². The molecule has 0 amide bonds. The Morgan fingerprint density at radius 1 is 1.19 bits per heavy atom. The maximum Gasteiger partial charge on any atom is 0.354 e. The molecule has 0 N–H and O–H groups in total. The number of anilines is 1. The van der Waals surface area contributed by atoms with Crippen LogP contribution in [0.1, 0.15) is 11.2 Å². The van der Waals surface area contributed by atoms with Crippen LogP contribution in [0, 0.1) is 0 Å². The highest BCUT2D eigenvalue weighted by molar-refractivity contribution is 7.54. The fourth-order valence-corrected chi connectivity index (χ4v) is 3.88. The summed E-state index contributed by atoms with van der Waals surface area (Å²) in [5.41, 5.74) is 1.18. The summed E-state index contributed by atoms with van der Waals surface area (Å²) in [6.45, 7) is 0. The van der Waals surface area contributed by atoms with E-state index in [4.69, 9.17) is 13.8 Å². The maximum atomic E-state index is 12.8. The van der Waals surface area contributed by atoms with Crippen molar-refractivity contribution in [3.63, 3.8) is 0 Å². The number of fused-ring (bicyclic) bond motifs is 1. The van der Waals surface area contributed by atoms with E-state index in [9.17, 15) is 9.36 Å². The summed E-state index contributed by atoms with van der Waals surface area (Å²) in [6.07, 6.45) is 1.57. The average Bonchev–Trinajstić information content (AvgIpc) is 2.54. The molecule has 1 aromatic carbocycles. The molecule has 21 heavy (non-hydrogen) atoms. The maximum absolute atomic E-state index is 12.8. The van der Waals surface area contributed by atoms with Crippen molar-refractivity contribution >= 4 is 19.3 Å². The Morgan fingerprint density at radius 2 is 1.81 bits per heavy atom. The summed E-state index contributed by atoms with van der Waals surface area (Å²) < 4.78 is 27.8. The summed E-state index contributed by atoms with van der Waals surface area (Å²) in [6, 6.07) is 7.36. The van der Waals surface area contributed by atoms with E-state index in [-0.39, 0.29) is 0 Å². The largest absolute Gasteiger partial charge is 0.464 e. The first-order valence-electron chi connectivity index (χ1n) is 6.32. The van der Waals surface area contributed by atoms with Gasteiger partial charge in [-0.2, -0.15) is 0 Å². The van der Waals surface area contributed by atoms with Crippen LogP contribution >= 0.6 is 7.60 Å². The number of hydrogen-bond acceptors (Lipinski definition) is 6. The number of benzene rings is 1. The third-order valence-electron chi connectivity index (χ3n) is 3.54. The lowest BCUT2D eigenvalue weighted by molar-refractivity contribution is -0.136. The molecule has 1 atom stereocenters. The lowest BCUT2D eigenvalue weighted by Gasteiger charge is -2.33. The van der Waals surface area contributed by atoms with Crippen LogP contribution in [0.2, 0.25) is 0 Å². The SMILES string of the molecule is COC(=O)C1=CC(P(=O)(OC)OC)c2ccccc2N1C. The molecule has 1 heterocycles. The summed E-state index contributed by atoms with van der Waals surface area (Å²) in [4.78, 5) is 13.6. The van der Waals surface area contributed by atoms with Gasteiger partial charge in [-0.3, -0.25) is 4.57 Å². The van der Waals surface area contributed by atoms with Crippen LogP contribution in [-0.4, -0.2) is 34.3 Å². The number of para-hydroxylation sites is 1. The normalized spacial score (nSPS) is 18.0. The molecule has 1 aliphatic heterocycles. The smallest absolute Gasteiger partial charge is 0.354 e. The van der Waals surface area contributed by atoms with Gasteiger partial charge in [0.25, 0.3) is 0 Å². The van der Waals surface area contributed by atoms with Crippen molar-refractivity contribution in [3.8, 4) is 0 Å². The molecule has 0 radical (unpaired) electrons. The quantitative estimate of drug-likeness (QED) is 0.629. The number of rotatable bonds is 4. The third-order valence-corrected chi connectivity index (χ3v) is 5.66. The van der Waals surface area contributed by atoms with Crippen LogP contribution in [0.4, 0.5) is 5.69 Å². The van der Waals surface area contributed by atoms with Gasteiger partial charge in [0, 0.05) is 27.0 Å². The second-order valence-electron chi connectivity index (χ2n) is 4.51. The zero-order chi connectivity index (χ0) is 15.6. The molecule has 0 saturated carbocycles. The van der Waals surface area contributed by atoms with Gasteiger partial charge in [0.15, 0.2) is 0 Å². The van der Waals surface area contributed by atoms with Crippen LogP contribution in [0.15, 0.2) is 36.0 Å². The molecule has 0 aliphatic carbocycles. The van der Waals surface area contributed by atoms with Crippen molar-refractivity contribution in [1.82, 2.24) is 0 Å². The van der Waals surface area contributed by atoms with Crippen molar-refractivity contribution in [3.05, 3.63) is 41.6 Å². The minimum Gasteiger partial charge on any atom is -0.464 e. The van der Waals surface area contributed by atoms with Crippen molar-refractivity contribution < 1.29 is 23.1 Å². The van der Waals surface area contributed by atoms with Gasteiger partial charge in [-0.1, -0.05) is 18.2 Å². The molecular formula is C14H18NO5P. The van der Waals surface area contributed by atoms with Crippen LogP contribution in [0.25, 0.3) is 0 Å². The standard InChI is InChI=1S/C14H18NO5P/c1-15-11-8-6-5-7-10(11)13(21(17,19-3)20-4)9-12(15)14(16)18-2/h5-9,13H,1-4H3. The number of ether oxygens (including phenoxy) is 1. The molecule has 2 rings (SSSR count). The summed E-state index contributed by atoms with van der Waals surface area (Å²) >= 11 is 0. The van der Waals surface area contributed by atoms with Gasteiger partial charge in [-0.15, -0.1) is 0 Å². The number of esters is 1. The van der Waals surface area contributed by atoms with E-state index in [1.165, 1.54) is 21.3 Å². The van der Waals surface area contributed by atoms with Gasteiger partial charge in [0.05, 0.1) is 7.11 Å². The van der Waals surface area contributed by atoms with Crippen LogP contribution in [0.5, 0.6) is 0 Å². The summed E-state index contributed by atoms with van der Waals surface area (Å²) in [5.74, 6) is -0.504. The number of carbonyl (C=O) groups excluding carboxylic acids is 1. The minimum atomic E-state index is -3.41. The number of likely N-dealkylation sites (N-methyl/N-ethyl adjacent to an activating group) is 1. The molecule has 0 spiro atoms. The topological polar surface area (TPSA) is 65.1 Å².